The van der Waals surface area contributed by atoms with E-state index in [9.17, 15) is 0 Å². The Hall–Kier alpha value is 0.330. The van der Waals surface area contributed by atoms with E-state index < -0.39 is 0 Å². The molecule has 0 bridgehead atoms. The Morgan fingerprint density at radius 1 is 0.765 bits per heavy atom. The summed E-state index contributed by atoms with van der Waals surface area (Å²) in [5.74, 6) is 0. The Morgan fingerprint density at radius 3 is 1.59 bits per heavy atom. The van der Waals surface area contributed by atoms with E-state index in [1.807, 2.05) is 36.4 Å². The molecule has 2 aromatic carbocycles. The molecule has 0 aliphatic carbocycles. The predicted molar refractivity (Wildman–Crippen MR) is 82.4 cm³/mol. The maximum absolute atomic E-state index is 5.98. The van der Waals surface area contributed by atoms with Crippen LogP contribution in [0.4, 0.5) is 0 Å². The molecule has 0 aliphatic heterocycles. The van der Waals surface area contributed by atoms with Crippen LogP contribution in [-0.4, -0.2) is 0 Å². The SMILES string of the molecule is Clc1ccc(Br)c(Sc2cc(Cl)ccc2Br)c1. The van der Waals surface area contributed by atoms with Crippen molar-refractivity contribution in [2.24, 2.45) is 0 Å². The summed E-state index contributed by atoms with van der Waals surface area (Å²) in [7, 11) is 0. The van der Waals surface area contributed by atoms with Crippen molar-refractivity contribution in [1.29, 1.82) is 0 Å². The third kappa shape index (κ3) is 3.65. The highest BCUT2D eigenvalue weighted by molar-refractivity contribution is 9.11. The van der Waals surface area contributed by atoms with Crippen molar-refractivity contribution in [1.82, 2.24) is 0 Å². The van der Waals surface area contributed by atoms with E-state index in [1.165, 1.54) is 0 Å². The molecule has 0 saturated carbocycles. The molecule has 0 aliphatic rings. The molecule has 2 aromatic rings. The summed E-state index contributed by atoms with van der Waals surface area (Å²) >= 11 is 20.6. The van der Waals surface area contributed by atoms with Gasteiger partial charge in [-0.05, 0) is 68.3 Å². The van der Waals surface area contributed by atoms with Crippen molar-refractivity contribution in [3.63, 3.8) is 0 Å². The van der Waals surface area contributed by atoms with Crippen LogP contribution in [0.15, 0.2) is 55.1 Å². The van der Waals surface area contributed by atoms with Gasteiger partial charge in [-0.3, -0.25) is 0 Å². The third-order valence-electron chi connectivity index (χ3n) is 2.01. The van der Waals surface area contributed by atoms with E-state index in [-0.39, 0.29) is 0 Å². The van der Waals surface area contributed by atoms with E-state index in [0.717, 1.165) is 18.7 Å². The highest BCUT2D eigenvalue weighted by Crippen LogP contribution is 2.39. The fourth-order valence-electron chi connectivity index (χ4n) is 1.23. The first-order chi connectivity index (χ1) is 8.06. The van der Waals surface area contributed by atoms with Crippen LogP contribution in [0.1, 0.15) is 0 Å². The van der Waals surface area contributed by atoms with Crippen LogP contribution in [0, 0.1) is 0 Å². The molecule has 0 saturated heterocycles. The second-order valence-corrected chi connectivity index (χ2v) is 6.92. The molecule has 0 radical (unpaired) electrons. The van der Waals surface area contributed by atoms with Crippen molar-refractivity contribution in [3.05, 3.63) is 55.4 Å². The first kappa shape index (κ1) is 13.8. The van der Waals surface area contributed by atoms with Gasteiger partial charge in [-0.15, -0.1) is 0 Å². The van der Waals surface area contributed by atoms with Gasteiger partial charge in [-0.2, -0.15) is 0 Å². The first-order valence-electron chi connectivity index (χ1n) is 4.64. The summed E-state index contributed by atoms with van der Waals surface area (Å²) < 4.78 is 2.03. The minimum atomic E-state index is 0.717. The molecule has 5 heteroatoms. The molecule has 17 heavy (non-hydrogen) atoms. The van der Waals surface area contributed by atoms with Gasteiger partial charge < -0.3 is 0 Å². The first-order valence-corrected chi connectivity index (χ1v) is 7.80. The molecule has 0 spiro atoms. The molecule has 0 amide bonds. The second-order valence-electron chi connectivity index (χ2n) is 3.25. The average Bonchev–Trinajstić information content (AvgIpc) is 2.28. The third-order valence-corrected chi connectivity index (χ3v) is 5.50. The summed E-state index contributed by atoms with van der Waals surface area (Å²) in [6, 6.07) is 11.4. The average molecular weight is 413 g/mol. The molecule has 88 valence electrons. The van der Waals surface area contributed by atoms with Crippen LogP contribution in [0.3, 0.4) is 0 Å². The number of rotatable bonds is 2. The molecular formula is C12H6Br2Cl2S. The van der Waals surface area contributed by atoms with Crippen molar-refractivity contribution in [2.45, 2.75) is 9.79 Å². The van der Waals surface area contributed by atoms with Crippen molar-refractivity contribution >= 4 is 66.8 Å². The van der Waals surface area contributed by atoms with Gasteiger partial charge in [-0.25, -0.2) is 0 Å². The maximum Gasteiger partial charge on any atom is 0.0418 e. The lowest BCUT2D eigenvalue weighted by atomic mass is 10.4. The zero-order valence-corrected chi connectivity index (χ0v) is 13.9. The molecule has 0 atom stereocenters. The van der Waals surface area contributed by atoms with Gasteiger partial charge >= 0.3 is 0 Å². The van der Waals surface area contributed by atoms with E-state index in [0.29, 0.717) is 10.0 Å². The van der Waals surface area contributed by atoms with E-state index in [2.05, 4.69) is 31.9 Å². The van der Waals surface area contributed by atoms with Crippen LogP contribution in [0.5, 0.6) is 0 Å². The van der Waals surface area contributed by atoms with E-state index in [4.69, 9.17) is 23.2 Å². The van der Waals surface area contributed by atoms with E-state index in [1.54, 1.807) is 11.8 Å². The number of hydrogen-bond donors (Lipinski definition) is 0. The Balaban J connectivity index is 2.37. The van der Waals surface area contributed by atoms with Gasteiger partial charge in [0.05, 0.1) is 0 Å². The van der Waals surface area contributed by atoms with Gasteiger partial charge in [0.15, 0.2) is 0 Å². The number of benzene rings is 2. The summed E-state index contributed by atoms with van der Waals surface area (Å²) in [5, 5.41) is 1.43. The molecule has 0 heterocycles. The molecule has 0 nitrogen and oxygen atoms in total. The largest absolute Gasteiger partial charge is 0.0876 e. The van der Waals surface area contributed by atoms with Crippen LogP contribution in [0.2, 0.25) is 10.0 Å². The lowest BCUT2D eigenvalue weighted by molar-refractivity contribution is 1.35. The highest BCUT2D eigenvalue weighted by Gasteiger charge is 2.07. The Labute approximate surface area is 131 Å². The van der Waals surface area contributed by atoms with Crippen LogP contribution >= 0.6 is 66.8 Å². The minimum absolute atomic E-state index is 0.717. The molecule has 0 fully saturated rings. The van der Waals surface area contributed by atoms with Crippen molar-refractivity contribution in [2.75, 3.05) is 0 Å². The fourth-order valence-corrected chi connectivity index (χ4v) is 3.62. The monoisotopic (exact) mass is 410 g/mol. The Morgan fingerprint density at radius 2 is 1.18 bits per heavy atom. The molecule has 0 aromatic heterocycles. The van der Waals surface area contributed by atoms with Gasteiger partial charge in [0.2, 0.25) is 0 Å². The van der Waals surface area contributed by atoms with Crippen LogP contribution in [-0.2, 0) is 0 Å². The Kier molecular flexibility index (Phi) is 4.84. The minimum Gasteiger partial charge on any atom is -0.0876 e. The number of halogens is 4. The van der Waals surface area contributed by atoms with Crippen molar-refractivity contribution in [3.8, 4) is 0 Å². The zero-order chi connectivity index (χ0) is 12.4. The molecule has 0 unspecified atom stereocenters. The van der Waals surface area contributed by atoms with Gasteiger partial charge in [0.1, 0.15) is 0 Å². The molecule has 2 rings (SSSR count). The van der Waals surface area contributed by atoms with Crippen molar-refractivity contribution < 1.29 is 0 Å². The predicted octanol–water partition coefficient (Wildman–Crippen LogP) is 6.67. The normalized spacial score (nSPS) is 10.6. The smallest absolute Gasteiger partial charge is 0.0418 e. The van der Waals surface area contributed by atoms with Gasteiger partial charge in [0, 0.05) is 28.8 Å². The topological polar surface area (TPSA) is 0 Å². The van der Waals surface area contributed by atoms with Gasteiger partial charge in [-0.1, -0.05) is 35.0 Å². The highest BCUT2D eigenvalue weighted by atomic mass is 79.9. The van der Waals surface area contributed by atoms with E-state index >= 15 is 0 Å². The van der Waals surface area contributed by atoms with Gasteiger partial charge in [0.25, 0.3) is 0 Å². The summed E-state index contributed by atoms with van der Waals surface area (Å²) in [6.45, 7) is 0. The summed E-state index contributed by atoms with van der Waals surface area (Å²) in [6.07, 6.45) is 0. The fraction of sp³-hybridized carbons (Fsp3) is 0. The quantitative estimate of drug-likeness (QED) is 0.530. The lowest BCUT2D eigenvalue weighted by Gasteiger charge is -2.07. The summed E-state index contributed by atoms with van der Waals surface area (Å²) in [4.78, 5) is 2.11. The lowest BCUT2D eigenvalue weighted by Crippen LogP contribution is -1.79. The Bertz CT molecular complexity index is 509. The maximum atomic E-state index is 5.98. The second kappa shape index (κ2) is 5.98. The molecule has 0 N–H and O–H groups in total. The summed E-state index contributed by atoms with van der Waals surface area (Å²) in [5.41, 5.74) is 0. The zero-order valence-electron chi connectivity index (χ0n) is 8.38. The van der Waals surface area contributed by atoms with Crippen LogP contribution in [0.25, 0.3) is 0 Å². The number of hydrogen-bond acceptors (Lipinski definition) is 1. The molecular weight excluding hydrogens is 407 g/mol. The van der Waals surface area contributed by atoms with Crippen LogP contribution < -0.4 is 0 Å². The standard InChI is InChI=1S/C12H6Br2Cl2S/c13-9-3-1-7(15)5-11(9)17-12-6-8(16)2-4-10(12)14/h1-6H.